The summed E-state index contributed by atoms with van der Waals surface area (Å²) in [5, 5.41) is 0. The van der Waals surface area contributed by atoms with Crippen LogP contribution in [-0.4, -0.2) is 38.4 Å². The number of amides is 1. The van der Waals surface area contributed by atoms with Gasteiger partial charge in [0, 0.05) is 12.1 Å². The van der Waals surface area contributed by atoms with Crippen LogP contribution in [-0.2, 0) is 15.9 Å². The number of benzene rings is 1. The Kier molecular flexibility index (Phi) is 4.30. The molecule has 120 valence electrons. The van der Waals surface area contributed by atoms with Gasteiger partial charge in [-0.25, -0.2) is 9.59 Å². The molecule has 0 aromatic heterocycles. The van der Waals surface area contributed by atoms with Gasteiger partial charge in [0.1, 0.15) is 11.4 Å². The second kappa shape index (κ2) is 5.87. The number of anilines is 1. The van der Waals surface area contributed by atoms with Crippen molar-refractivity contribution in [1.29, 1.82) is 0 Å². The van der Waals surface area contributed by atoms with Crippen molar-refractivity contribution in [3.05, 3.63) is 23.3 Å². The summed E-state index contributed by atoms with van der Waals surface area (Å²) in [6, 6.07) is 3.27. The standard InChI is InChI=1S/C16H21NO5/c1-16(2,3)22-15(19)17-7-6-11-12(17)8-10(14(18)21-5)9-13(11)20-4/h8-9H,6-7H2,1-5H3. The Morgan fingerprint density at radius 3 is 2.41 bits per heavy atom. The molecule has 0 atom stereocenters. The Labute approximate surface area is 129 Å². The molecule has 0 N–H and O–H groups in total. The average molecular weight is 307 g/mol. The Balaban J connectivity index is 2.40. The lowest BCUT2D eigenvalue weighted by atomic mass is 10.1. The molecule has 0 radical (unpaired) electrons. The first-order valence-electron chi connectivity index (χ1n) is 7.06. The molecule has 1 aromatic rings. The zero-order valence-electron chi connectivity index (χ0n) is 13.6. The molecule has 1 aliphatic heterocycles. The Hall–Kier alpha value is -2.24. The van der Waals surface area contributed by atoms with Crippen LogP contribution in [0.25, 0.3) is 0 Å². The topological polar surface area (TPSA) is 65.1 Å². The molecule has 1 aliphatic rings. The van der Waals surface area contributed by atoms with Gasteiger partial charge in [-0.2, -0.15) is 0 Å². The average Bonchev–Trinajstić information content (AvgIpc) is 2.87. The van der Waals surface area contributed by atoms with Gasteiger partial charge in [-0.1, -0.05) is 0 Å². The van der Waals surface area contributed by atoms with Crippen molar-refractivity contribution in [3.8, 4) is 5.75 Å². The quantitative estimate of drug-likeness (QED) is 0.786. The van der Waals surface area contributed by atoms with E-state index in [4.69, 9.17) is 14.2 Å². The van der Waals surface area contributed by atoms with Gasteiger partial charge in [0.15, 0.2) is 0 Å². The van der Waals surface area contributed by atoms with Gasteiger partial charge < -0.3 is 14.2 Å². The third-order valence-electron chi connectivity index (χ3n) is 3.32. The molecule has 1 amide bonds. The van der Waals surface area contributed by atoms with E-state index in [1.54, 1.807) is 12.1 Å². The highest BCUT2D eigenvalue weighted by atomic mass is 16.6. The number of carbonyl (C=O) groups excluding carboxylic acids is 2. The number of fused-ring (bicyclic) bond motifs is 1. The van der Waals surface area contributed by atoms with E-state index < -0.39 is 17.7 Å². The molecule has 1 heterocycles. The predicted octanol–water partition coefficient (Wildman–Crippen LogP) is 2.78. The molecular weight excluding hydrogens is 286 g/mol. The highest BCUT2D eigenvalue weighted by Gasteiger charge is 2.32. The zero-order valence-corrected chi connectivity index (χ0v) is 13.6. The lowest BCUT2D eigenvalue weighted by molar-refractivity contribution is 0.0576. The van der Waals surface area contributed by atoms with Crippen LogP contribution in [0, 0.1) is 0 Å². The van der Waals surface area contributed by atoms with Crippen molar-refractivity contribution in [1.82, 2.24) is 0 Å². The van der Waals surface area contributed by atoms with Gasteiger partial charge in [0.2, 0.25) is 0 Å². The lowest BCUT2D eigenvalue weighted by Gasteiger charge is -2.25. The summed E-state index contributed by atoms with van der Waals surface area (Å²) in [5.41, 5.74) is 1.28. The largest absolute Gasteiger partial charge is 0.496 e. The maximum Gasteiger partial charge on any atom is 0.414 e. The number of hydrogen-bond acceptors (Lipinski definition) is 5. The van der Waals surface area contributed by atoms with Gasteiger partial charge in [0.25, 0.3) is 0 Å². The summed E-state index contributed by atoms with van der Waals surface area (Å²) in [6.45, 7) is 5.93. The first-order chi connectivity index (χ1) is 10.3. The summed E-state index contributed by atoms with van der Waals surface area (Å²) >= 11 is 0. The van der Waals surface area contributed by atoms with E-state index in [9.17, 15) is 9.59 Å². The van der Waals surface area contributed by atoms with Crippen LogP contribution in [0.1, 0.15) is 36.7 Å². The molecule has 0 saturated carbocycles. The molecule has 0 fully saturated rings. The van der Waals surface area contributed by atoms with Crippen molar-refractivity contribution in [2.45, 2.75) is 32.8 Å². The molecule has 2 rings (SSSR count). The second-order valence-electron chi connectivity index (χ2n) is 6.05. The van der Waals surface area contributed by atoms with E-state index in [2.05, 4.69) is 0 Å². The minimum absolute atomic E-state index is 0.341. The van der Waals surface area contributed by atoms with Crippen molar-refractivity contribution < 1.29 is 23.8 Å². The number of carbonyl (C=O) groups is 2. The van der Waals surface area contributed by atoms with E-state index in [1.165, 1.54) is 19.1 Å². The molecule has 6 nitrogen and oxygen atoms in total. The third kappa shape index (κ3) is 3.16. The van der Waals surface area contributed by atoms with Gasteiger partial charge >= 0.3 is 12.1 Å². The fourth-order valence-electron chi connectivity index (χ4n) is 2.39. The van der Waals surface area contributed by atoms with E-state index in [-0.39, 0.29) is 0 Å². The Morgan fingerprint density at radius 2 is 1.86 bits per heavy atom. The fourth-order valence-corrected chi connectivity index (χ4v) is 2.39. The molecule has 0 spiro atoms. The van der Waals surface area contributed by atoms with Gasteiger partial charge in [-0.15, -0.1) is 0 Å². The Bertz CT molecular complexity index is 603. The van der Waals surface area contributed by atoms with Gasteiger partial charge in [-0.05, 0) is 39.3 Å². The van der Waals surface area contributed by atoms with Crippen molar-refractivity contribution >= 4 is 17.7 Å². The summed E-state index contributed by atoms with van der Waals surface area (Å²) in [4.78, 5) is 25.6. The number of nitrogens with zero attached hydrogens (tertiary/aromatic N) is 1. The molecular formula is C16H21NO5. The van der Waals surface area contributed by atoms with E-state index in [1.807, 2.05) is 20.8 Å². The fraction of sp³-hybridized carbons (Fsp3) is 0.500. The normalized spacial score (nSPS) is 13.6. The smallest absolute Gasteiger partial charge is 0.414 e. The first-order valence-corrected chi connectivity index (χ1v) is 7.06. The van der Waals surface area contributed by atoms with Gasteiger partial charge in [-0.3, -0.25) is 4.90 Å². The van der Waals surface area contributed by atoms with E-state index >= 15 is 0 Å². The molecule has 22 heavy (non-hydrogen) atoms. The Morgan fingerprint density at radius 1 is 1.18 bits per heavy atom. The van der Waals surface area contributed by atoms with Crippen LogP contribution in [0.4, 0.5) is 10.5 Å². The van der Waals surface area contributed by atoms with Crippen molar-refractivity contribution in [2.24, 2.45) is 0 Å². The third-order valence-corrected chi connectivity index (χ3v) is 3.32. The summed E-state index contributed by atoms with van der Waals surface area (Å²) in [5.74, 6) is 0.0982. The number of ether oxygens (including phenoxy) is 3. The van der Waals surface area contributed by atoms with Crippen LogP contribution in [0.15, 0.2) is 12.1 Å². The molecule has 1 aromatic carbocycles. The SMILES string of the molecule is COC(=O)c1cc(OC)c2c(c1)N(C(=O)OC(C)(C)C)CC2. The molecule has 6 heteroatoms. The minimum Gasteiger partial charge on any atom is -0.496 e. The zero-order chi connectivity index (χ0) is 16.5. The summed E-state index contributed by atoms with van der Waals surface area (Å²) < 4.78 is 15.5. The molecule has 0 bridgehead atoms. The lowest BCUT2D eigenvalue weighted by Crippen LogP contribution is -2.35. The summed E-state index contributed by atoms with van der Waals surface area (Å²) in [7, 11) is 2.85. The maximum atomic E-state index is 12.3. The van der Waals surface area contributed by atoms with Crippen LogP contribution in [0.3, 0.4) is 0 Å². The van der Waals surface area contributed by atoms with Crippen LogP contribution < -0.4 is 9.64 Å². The van der Waals surface area contributed by atoms with Crippen LogP contribution in [0.2, 0.25) is 0 Å². The number of esters is 1. The monoisotopic (exact) mass is 307 g/mol. The number of methoxy groups -OCH3 is 2. The second-order valence-corrected chi connectivity index (χ2v) is 6.05. The molecule has 0 saturated heterocycles. The van der Waals surface area contributed by atoms with E-state index in [0.29, 0.717) is 30.0 Å². The van der Waals surface area contributed by atoms with Crippen molar-refractivity contribution in [2.75, 3.05) is 25.7 Å². The minimum atomic E-state index is -0.579. The first kappa shape index (κ1) is 16.1. The maximum absolute atomic E-state index is 12.3. The van der Waals surface area contributed by atoms with Crippen molar-refractivity contribution in [3.63, 3.8) is 0 Å². The summed E-state index contributed by atoms with van der Waals surface area (Å²) in [6.07, 6.45) is 0.217. The highest BCUT2D eigenvalue weighted by Crippen LogP contribution is 2.37. The van der Waals surface area contributed by atoms with Crippen LogP contribution in [0.5, 0.6) is 5.75 Å². The molecule has 0 aliphatic carbocycles. The highest BCUT2D eigenvalue weighted by molar-refractivity contribution is 5.96. The van der Waals surface area contributed by atoms with Gasteiger partial charge in [0.05, 0.1) is 25.5 Å². The number of hydrogen-bond donors (Lipinski definition) is 0. The van der Waals surface area contributed by atoms with Crippen LogP contribution >= 0.6 is 0 Å². The van der Waals surface area contributed by atoms with E-state index in [0.717, 1.165) is 5.56 Å². The molecule has 0 unspecified atom stereocenters. The number of rotatable bonds is 2. The predicted molar refractivity (Wildman–Crippen MR) is 81.6 cm³/mol.